The maximum Gasteiger partial charge on any atom is 0.123 e. The largest absolute Gasteiger partial charge is 0.383 e. The van der Waals surface area contributed by atoms with E-state index in [0.29, 0.717) is 12.1 Å². The van der Waals surface area contributed by atoms with Gasteiger partial charge in [-0.2, -0.15) is 5.10 Å². The van der Waals surface area contributed by atoms with Crippen LogP contribution in [-0.4, -0.2) is 14.9 Å². The van der Waals surface area contributed by atoms with Crippen molar-refractivity contribution in [1.82, 2.24) is 9.78 Å². The van der Waals surface area contributed by atoms with Crippen LogP contribution in [0.5, 0.6) is 0 Å². The van der Waals surface area contributed by atoms with E-state index in [2.05, 4.69) is 5.10 Å². The lowest BCUT2D eigenvalue weighted by Crippen LogP contribution is -2.25. The van der Waals surface area contributed by atoms with E-state index in [0.717, 1.165) is 5.56 Å². The Morgan fingerprint density at radius 3 is 2.76 bits per heavy atom. The molecule has 0 aliphatic heterocycles. The number of hydrogen-bond acceptors (Lipinski definition) is 2. The lowest BCUT2D eigenvalue weighted by Gasteiger charge is -2.21. The van der Waals surface area contributed by atoms with Gasteiger partial charge < -0.3 is 5.11 Å². The molecule has 1 aromatic heterocycles. The van der Waals surface area contributed by atoms with Gasteiger partial charge in [0.2, 0.25) is 0 Å². The van der Waals surface area contributed by atoms with E-state index in [1.165, 1.54) is 12.1 Å². The Hall–Kier alpha value is -1.68. The fourth-order valence-electron chi connectivity index (χ4n) is 1.84. The molecule has 0 saturated heterocycles. The minimum Gasteiger partial charge on any atom is -0.383 e. The standard InChI is InChI=1S/C13H15FN2O/c1-13(17,12-6-7-16(2)15-12)9-10-4-3-5-11(14)8-10/h3-8,17H,9H2,1-2H3. The first-order valence-electron chi connectivity index (χ1n) is 5.44. The van der Waals surface area contributed by atoms with Gasteiger partial charge >= 0.3 is 0 Å². The first-order chi connectivity index (χ1) is 7.97. The Balaban J connectivity index is 2.22. The van der Waals surface area contributed by atoms with E-state index in [1.807, 2.05) is 0 Å². The van der Waals surface area contributed by atoms with Crippen LogP contribution in [0.2, 0.25) is 0 Å². The third kappa shape index (κ3) is 2.71. The van der Waals surface area contributed by atoms with E-state index >= 15 is 0 Å². The predicted octanol–water partition coefficient (Wildman–Crippen LogP) is 2.01. The molecule has 3 nitrogen and oxygen atoms in total. The average molecular weight is 234 g/mol. The Kier molecular flexibility index (Phi) is 2.98. The SMILES string of the molecule is Cn1ccc(C(C)(O)Cc2cccc(F)c2)n1. The van der Waals surface area contributed by atoms with Crippen molar-refractivity contribution in [2.45, 2.75) is 18.9 Å². The summed E-state index contributed by atoms with van der Waals surface area (Å²) in [6.45, 7) is 1.68. The van der Waals surface area contributed by atoms with Crippen LogP contribution in [0.25, 0.3) is 0 Å². The summed E-state index contributed by atoms with van der Waals surface area (Å²) >= 11 is 0. The Bertz CT molecular complexity index is 520. The molecule has 1 aromatic carbocycles. The highest BCUT2D eigenvalue weighted by atomic mass is 19.1. The molecule has 0 amide bonds. The molecule has 0 bridgehead atoms. The number of aryl methyl sites for hydroxylation is 1. The van der Waals surface area contributed by atoms with Gasteiger partial charge in [0.15, 0.2) is 0 Å². The summed E-state index contributed by atoms with van der Waals surface area (Å²) in [7, 11) is 1.79. The molecule has 0 saturated carbocycles. The van der Waals surface area contributed by atoms with Crippen LogP contribution in [0, 0.1) is 5.82 Å². The third-order valence-corrected chi connectivity index (χ3v) is 2.70. The van der Waals surface area contributed by atoms with Crippen LogP contribution in [0.4, 0.5) is 4.39 Å². The van der Waals surface area contributed by atoms with Crippen LogP contribution in [0.15, 0.2) is 36.5 Å². The molecular weight excluding hydrogens is 219 g/mol. The molecule has 0 radical (unpaired) electrons. The maximum absolute atomic E-state index is 13.0. The summed E-state index contributed by atoms with van der Waals surface area (Å²) in [6.07, 6.45) is 2.11. The zero-order chi connectivity index (χ0) is 12.5. The number of benzene rings is 1. The lowest BCUT2D eigenvalue weighted by molar-refractivity contribution is 0.0524. The fraction of sp³-hybridized carbons (Fsp3) is 0.308. The minimum absolute atomic E-state index is 0.292. The molecule has 0 aliphatic rings. The summed E-state index contributed by atoms with van der Waals surface area (Å²) in [5.41, 5.74) is 0.250. The number of aliphatic hydroxyl groups is 1. The third-order valence-electron chi connectivity index (χ3n) is 2.70. The van der Waals surface area contributed by atoms with Crippen molar-refractivity contribution in [3.05, 3.63) is 53.6 Å². The Morgan fingerprint density at radius 2 is 2.18 bits per heavy atom. The van der Waals surface area contributed by atoms with Crippen molar-refractivity contribution < 1.29 is 9.50 Å². The minimum atomic E-state index is -1.09. The highest BCUT2D eigenvalue weighted by Crippen LogP contribution is 2.23. The van der Waals surface area contributed by atoms with Crippen molar-refractivity contribution in [2.24, 2.45) is 7.05 Å². The Labute approximate surface area is 99.5 Å². The van der Waals surface area contributed by atoms with Gasteiger partial charge in [-0.05, 0) is 30.7 Å². The average Bonchev–Trinajstić information content (AvgIpc) is 2.65. The summed E-state index contributed by atoms with van der Waals surface area (Å²) in [5, 5.41) is 14.5. The number of aromatic nitrogens is 2. The monoisotopic (exact) mass is 234 g/mol. The topological polar surface area (TPSA) is 38.0 Å². The van der Waals surface area contributed by atoms with Crippen LogP contribution in [0.1, 0.15) is 18.2 Å². The van der Waals surface area contributed by atoms with Crippen LogP contribution >= 0.6 is 0 Å². The van der Waals surface area contributed by atoms with Crippen LogP contribution in [0.3, 0.4) is 0 Å². The zero-order valence-electron chi connectivity index (χ0n) is 9.89. The number of rotatable bonds is 3. The molecule has 17 heavy (non-hydrogen) atoms. The Morgan fingerprint density at radius 1 is 1.41 bits per heavy atom. The van der Waals surface area contributed by atoms with Crippen molar-refractivity contribution in [3.8, 4) is 0 Å². The number of nitrogens with zero attached hydrogens (tertiary/aromatic N) is 2. The van der Waals surface area contributed by atoms with Crippen LogP contribution in [-0.2, 0) is 19.1 Å². The second kappa shape index (κ2) is 4.30. The number of halogens is 1. The molecule has 1 atom stereocenters. The predicted molar refractivity (Wildman–Crippen MR) is 62.9 cm³/mol. The van der Waals surface area contributed by atoms with E-state index in [4.69, 9.17) is 0 Å². The molecule has 4 heteroatoms. The van der Waals surface area contributed by atoms with Crippen LogP contribution < -0.4 is 0 Å². The van der Waals surface area contributed by atoms with Gasteiger partial charge in [-0.3, -0.25) is 4.68 Å². The molecule has 2 rings (SSSR count). The number of hydrogen-bond donors (Lipinski definition) is 1. The fourth-order valence-corrected chi connectivity index (χ4v) is 1.84. The van der Waals surface area contributed by atoms with Crippen molar-refractivity contribution >= 4 is 0 Å². The van der Waals surface area contributed by atoms with Gasteiger partial charge in [-0.25, -0.2) is 4.39 Å². The molecule has 2 aromatic rings. The second-order valence-electron chi connectivity index (χ2n) is 4.46. The second-order valence-corrected chi connectivity index (χ2v) is 4.46. The van der Waals surface area contributed by atoms with Gasteiger partial charge in [0.25, 0.3) is 0 Å². The van der Waals surface area contributed by atoms with E-state index in [9.17, 15) is 9.50 Å². The molecule has 90 valence electrons. The summed E-state index contributed by atoms with van der Waals surface area (Å²) in [4.78, 5) is 0. The van der Waals surface area contributed by atoms with E-state index < -0.39 is 5.60 Å². The van der Waals surface area contributed by atoms with Gasteiger partial charge in [0, 0.05) is 19.7 Å². The molecule has 0 fully saturated rings. The highest BCUT2D eigenvalue weighted by Gasteiger charge is 2.26. The van der Waals surface area contributed by atoms with E-state index in [1.54, 1.807) is 43.0 Å². The van der Waals surface area contributed by atoms with Crippen molar-refractivity contribution in [3.63, 3.8) is 0 Å². The summed E-state index contributed by atoms with van der Waals surface area (Å²) in [6, 6.07) is 8.01. The maximum atomic E-state index is 13.0. The molecular formula is C13H15FN2O. The molecule has 1 unspecified atom stereocenters. The van der Waals surface area contributed by atoms with Gasteiger partial charge in [0.05, 0.1) is 5.69 Å². The molecule has 1 N–H and O–H groups in total. The first kappa shape index (κ1) is 11.8. The first-order valence-corrected chi connectivity index (χ1v) is 5.44. The smallest absolute Gasteiger partial charge is 0.123 e. The molecule has 0 aliphatic carbocycles. The lowest BCUT2D eigenvalue weighted by atomic mass is 9.93. The summed E-state index contributed by atoms with van der Waals surface area (Å²) in [5.74, 6) is -0.292. The van der Waals surface area contributed by atoms with Gasteiger partial charge in [0.1, 0.15) is 11.4 Å². The van der Waals surface area contributed by atoms with Crippen molar-refractivity contribution in [2.75, 3.05) is 0 Å². The summed E-state index contributed by atoms with van der Waals surface area (Å²) < 4.78 is 14.7. The molecule has 0 spiro atoms. The molecule has 1 heterocycles. The van der Waals surface area contributed by atoms with Gasteiger partial charge in [-0.1, -0.05) is 12.1 Å². The van der Waals surface area contributed by atoms with Gasteiger partial charge in [-0.15, -0.1) is 0 Å². The zero-order valence-corrected chi connectivity index (χ0v) is 9.89. The van der Waals surface area contributed by atoms with Crippen molar-refractivity contribution in [1.29, 1.82) is 0 Å². The highest BCUT2D eigenvalue weighted by molar-refractivity contribution is 5.21. The van der Waals surface area contributed by atoms with E-state index in [-0.39, 0.29) is 5.82 Å². The normalized spacial score (nSPS) is 14.6. The quantitative estimate of drug-likeness (QED) is 0.882.